The Morgan fingerprint density at radius 2 is 2.14 bits per heavy atom. The first kappa shape index (κ1) is 16.1. The molecular weight excluding hydrogens is 282 g/mol. The molecule has 2 unspecified atom stereocenters. The summed E-state index contributed by atoms with van der Waals surface area (Å²) >= 11 is 0. The molecule has 1 aliphatic rings. The van der Waals surface area contributed by atoms with Crippen molar-refractivity contribution in [3.63, 3.8) is 0 Å². The number of amides is 1. The molecule has 5 heteroatoms. The van der Waals surface area contributed by atoms with Crippen molar-refractivity contribution < 1.29 is 19.4 Å². The molecule has 1 aromatic rings. The molecule has 1 heterocycles. The molecule has 2 rings (SSSR count). The van der Waals surface area contributed by atoms with Crippen molar-refractivity contribution in [2.24, 2.45) is 11.8 Å². The predicted octanol–water partition coefficient (Wildman–Crippen LogP) is 2.43. The number of nitrogens with zero attached hydrogens (tertiary/aromatic N) is 1. The number of ether oxygens (including phenoxy) is 1. The van der Waals surface area contributed by atoms with Crippen LogP contribution in [0.15, 0.2) is 36.9 Å². The molecule has 1 amide bonds. The zero-order valence-corrected chi connectivity index (χ0v) is 12.7. The van der Waals surface area contributed by atoms with E-state index in [4.69, 9.17) is 4.74 Å². The van der Waals surface area contributed by atoms with Gasteiger partial charge >= 0.3 is 5.97 Å². The van der Waals surface area contributed by atoms with E-state index in [9.17, 15) is 14.7 Å². The van der Waals surface area contributed by atoms with Crippen molar-refractivity contribution in [2.75, 3.05) is 19.7 Å². The van der Waals surface area contributed by atoms with Gasteiger partial charge < -0.3 is 14.7 Å². The second-order valence-corrected chi connectivity index (χ2v) is 5.68. The predicted molar refractivity (Wildman–Crippen MR) is 82.9 cm³/mol. The van der Waals surface area contributed by atoms with Gasteiger partial charge in [-0.15, -0.1) is 0 Å². The summed E-state index contributed by atoms with van der Waals surface area (Å²) in [6.07, 6.45) is 2.22. The molecule has 22 heavy (non-hydrogen) atoms. The van der Waals surface area contributed by atoms with Gasteiger partial charge in [-0.1, -0.05) is 31.7 Å². The summed E-state index contributed by atoms with van der Waals surface area (Å²) in [6.45, 7) is 6.69. The van der Waals surface area contributed by atoms with Crippen molar-refractivity contribution in [3.05, 3.63) is 42.5 Å². The first-order chi connectivity index (χ1) is 10.5. The minimum atomic E-state index is -0.847. The van der Waals surface area contributed by atoms with E-state index >= 15 is 0 Å². The number of carboxylic acids is 1. The van der Waals surface area contributed by atoms with Gasteiger partial charge in [0.1, 0.15) is 12.4 Å². The Labute approximate surface area is 130 Å². The molecule has 1 saturated heterocycles. The molecule has 0 bridgehead atoms. The highest BCUT2D eigenvalue weighted by Crippen LogP contribution is 2.26. The van der Waals surface area contributed by atoms with Crippen molar-refractivity contribution >= 4 is 11.9 Å². The smallest absolute Gasteiger partial charge is 0.308 e. The molecular formula is C17H21NO4. The SMILES string of the molecule is C=CCOc1ccccc1C(=O)N1CC(C)CC(C(=O)O)C1. The van der Waals surface area contributed by atoms with Gasteiger partial charge in [-0.3, -0.25) is 9.59 Å². The van der Waals surface area contributed by atoms with Crippen molar-refractivity contribution in [1.29, 1.82) is 0 Å². The third-order valence-electron chi connectivity index (χ3n) is 3.77. The van der Waals surface area contributed by atoms with E-state index in [0.29, 0.717) is 30.9 Å². The van der Waals surface area contributed by atoms with Gasteiger partial charge in [0.05, 0.1) is 11.5 Å². The molecule has 0 spiro atoms. The fourth-order valence-electron chi connectivity index (χ4n) is 2.78. The molecule has 2 atom stereocenters. The van der Waals surface area contributed by atoms with E-state index in [-0.39, 0.29) is 18.4 Å². The highest BCUT2D eigenvalue weighted by atomic mass is 16.5. The van der Waals surface area contributed by atoms with Gasteiger partial charge in [-0.05, 0) is 24.5 Å². The maximum atomic E-state index is 12.7. The van der Waals surface area contributed by atoms with Crippen LogP contribution in [0.3, 0.4) is 0 Å². The van der Waals surface area contributed by atoms with E-state index in [1.165, 1.54) is 0 Å². The topological polar surface area (TPSA) is 66.8 Å². The van der Waals surface area contributed by atoms with Crippen LogP contribution < -0.4 is 4.74 Å². The lowest BCUT2D eigenvalue weighted by molar-refractivity contribution is -0.143. The number of carboxylic acid groups (broad SMARTS) is 1. The summed E-state index contributed by atoms with van der Waals surface area (Å²) in [6, 6.07) is 7.01. The molecule has 1 fully saturated rings. The number of piperidine rings is 1. The summed E-state index contributed by atoms with van der Waals surface area (Å²) in [5.41, 5.74) is 0.461. The molecule has 5 nitrogen and oxygen atoms in total. The number of benzene rings is 1. The third-order valence-corrected chi connectivity index (χ3v) is 3.77. The maximum absolute atomic E-state index is 12.7. The van der Waals surface area contributed by atoms with E-state index in [1.54, 1.807) is 35.2 Å². The van der Waals surface area contributed by atoms with Gasteiger partial charge in [0, 0.05) is 13.1 Å². The molecule has 118 valence electrons. The van der Waals surface area contributed by atoms with Crippen LogP contribution in [0.5, 0.6) is 5.75 Å². The Hall–Kier alpha value is -2.30. The second-order valence-electron chi connectivity index (χ2n) is 5.68. The highest BCUT2D eigenvalue weighted by Gasteiger charge is 2.33. The highest BCUT2D eigenvalue weighted by molar-refractivity contribution is 5.97. The number of aliphatic carboxylic acids is 1. The Bertz CT molecular complexity index is 570. The van der Waals surface area contributed by atoms with Gasteiger partial charge in [-0.2, -0.15) is 0 Å². The number of carbonyl (C=O) groups is 2. The van der Waals surface area contributed by atoms with Crippen LogP contribution >= 0.6 is 0 Å². The Balaban J connectivity index is 2.20. The molecule has 0 saturated carbocycles. The van der Waals surface area contributed by atoms with E-state index in [1.807, 2.05) is 6.92 Å². The monoisotopic (exact) mass is 303 g/mol. The molecule has 1 aliphatic heterocycles. The minimum Gasteiger partial charge on any atom is -0.489 e. The van der Waals surface area contributed by atoms with Crippen LogP contribution in [-0.4, -0.2) is 41.6 Å². The van der Waals surface area contributed by atoms with Crippen molar-refractivity contribution in [2.45, 2.75) is 13.3 Å². The Morgan fingerprint density at radius 3 is 2.82 bits per heavy atom. The van der Waals surface area contributed by atoms with Crippen molar-refractivity contribution in [3.8, 4) is 5.75 Å². The van der Waals surface area contributed by atoms with Gasteiger partial charge in [-0.25, -0.2) is 0 Å². The van der Waals surface area contributed by atoms with Crippen LogP contribution in [0.4, 0.5) is 0 Å². The van der Waals surface area contributed by atoms with Gasteiger partial charge in [0.15, 0.2) is 0 Å². The zero-order chi connectivity index (χ0) is 16.1. The lowest BCUT2D eigenvalue weighted by Gasteiger charge is -2.35. The van der Waals surface area contributed by atoms with E-state index < -0.39 is 11.9 Å². The molecule has 1 aromatic carbocycles. The van der Waals surface area contributed by atoms with Crippen LogP contribution in [-0.2, 0) is 4.79 Å². The fourth-order valence-corrected chi connectivity index (χ4v) is 2.78. The minimum absolute atomic E-state index is 0.167. The van der Waals surface area contributed by atoms with Crippen LogP contribution in [0.25, 0.3) is 0 Å². The summed E-state index contributed by atoms with van der Waals surface area (Å²) in [7, 11) is 0. The van der Waals surface area contributed by atoms with E-state index in [0.717, 1.165) is 0 Å². The summed E-state index contributed by atoms with van der Waals surface area (Å²) in [5, 5.41) is 9.22. The number of likely N-dealkylation sites (tertiary alicyclic amines) is 1. The summed E-state index contributed by atoms with van der Waals surface area (Å²) < 4.78 is 5.52. The van der Waals surface area contributed by atoms with Crippen LogP contribution in [0, 0.1) is 11.8 Å². The normalized spacial score (nSPS) is 21.2. The maximum Gasteiger partial charge on any atom is 0.308 e. The number of rotatable bonds is 5. The average molecular weight is 303 g/mol. The largest absolute Gasteiger partial charge is 0.489 e. The summed E-state index contributed by atoms with van der Waals surface area (Å²) in [5.74, 6) is -0.871. The Kier molecular flexibility index (Phi) is 5.20. The average Bonchev–Trinajstić information content (AvgIpc) is 2.51. The second kappa shape index (κ2) is 7.11. The summed E-state index contributed by atoms with van der Waals surface area (Å²) in [4.78, 5) is 25.6. The lowest BCUT2D eigenvalue weighted by atomic mass is 9.90. The fraction of sp³-hybridized carbons (Fsp3) is 0.412. The van der Waals surface area contributed by atoms with Crippen molar-refractivity contribution in [1.82, 2.24) is 4.90 Å². The van der Waals surface area contributed by atoms with Crippen LogP contribution in [0.2, 0.25) is 0 Å². The zero-order valence-electron chi connectivity index (χ0n) is 12.7. The number of hydrogen-bond acceptors (Lipinski definition) is 3. The molecule has 0 radical (unpaired) electrons. The third kappa shape index (κ3) is 3.67. The van der Waals surface area contributed by atoms with Gasteiger partial charge in [0.2, 0.25) is 0 Å². The molecule has 0 aliphatic carbocycles. The lowest BCUT2D eigenvalue weighted by Crippen LogP contribution is -2.45. The standard InChI is InChI=1S/C17H21NO4/c1-3-8-22-15-7-5-4-6-14(15)16(19)18-10-12(2)9-13(11-18)17(20)21/h3-7,12-13H,1,8-11H2,2H3,(H,20,21). The van der Waals surface area contributed by atoms with Crippen LogP contribution in [0.1, 0.15) is 23.7 Å². The quantitative estimate of drug-likeness (QED) is 0.848. The first-order valence-electron chi connectivity index (χ1n) is 7.37. The number of para-hydroxylation sites is 1. The molecule has 0 aromatic heterocycles. The van der Waals surface area contributed by atoms with E-state index in [2.05, 4.69) is 6.58 Å². The number of carbonyl (C=O) groups excluding carboxylic acids is 1. The first-order valence-corrected chi connectivity index (χ1v) is 7.37. The molecule has 1 N–H and O–H groups in total. The Morgan fingerprint density at radius 1 is 1.41 bits per heavy atom. The number of hydrogen-bond donors (Lipinski definition) is 1. The van der Waals surface area contributed by atoms with Gasteiger partial charge in [0.25, 0.3) is 5.91 Å².